The maximum absolute atomic E-state index is 12.9. The van der Waals surface area contributed by atoms with Crippen LogP contribution in [0.2, 0.25) is 0 Å². The van der Waals surface area contributed by atoms with Crippen molar-refractivity contribution in [3.8, 4) is 0 Å². The fourth-order valence-corrected chi connectivity index (χ4v) is 2.01. The second-order valence-corrected chi connectivity index (χ2v) is 5.22. The minimum absolute atomic E-state index is 0.0118. The SMILES string of the molecule is O=C(C[C@H](NC(=O)c1ccc(F)cc1)C(=O)O)OCc1ccccc1. The van der Waals surface area contributed by atoms with Crippen molar-refractivity contribution in [1.29, 1.82) is 0 Å². The first-order chi connectivity index (χ1) is 12.0. The molecule has 0 spiro atoms. The van der Waals surface area contributed by atoms with Gasteiger partial charge in [-0.25, -0.2) is 9.18 Å². The van der Waals surface area contributed by atoms with E-state index in [0.717, 1.165) is 17.7 Å². The Morgan fingerprint density at radius 1 is 1.04 bits per heavy atom. The lowest BCUT2D eigenvalue weighted by atomic mass is 10.1. The largest absolute Gasteiger partial charge is 0.480 e. The Morgan fingerprint density at radius 3 is 2.28 bits per heavy atom. The van der Waals surface area contributed by atoms with Gasteiger partial charge in [0.2, 0.25) is 0 Å². The Morgan fingerprint density at radius 2 is 1.68 bits per heavy atom. The highest BCUT2D eigenvalue weighted by Gasteiger charge is 2.24. The van der Waals surface area contributed by atoms with E-state index in [2.05, 4.69) is 5.32 Å². The Balaban J connectivity index is 1.91. The average molecular weight is 345 g/mol. The number of halogens is 1. The van der Waals surface area contributed by atoms with E-state index in [0.29, 0.717) is 0 Å². The number of esters is 1. The third kappa shape index (κ3) is 5.72. The number of hydrogen-bond donors (Lipinski definition) is 2. The number of rotatable bonds is 7. The van der Waals surface area contributed by atoms with Crippen molar-refractivity contribution in [2.45, 2.75) is 19.1 Å². The van der Waals surface area contributed by atoms with Gasteiger partial charge in [0.25, 0.3) is 5.91 Å². The van der Waals surface area contributed by atoms with Crippen LogP contribution >= 0.6 is 0 Å². The number of ether oxygens (including phenoxy) is 1. The van der Waals surface area contributed by atoms with Crippen molar-refractivity contribution < 1.29 is 28.6 Å². The molecule has 0 unspecified atom stereocenters. The van der Waals surface area contributed by atoms with Gasteiger partial charge >= 0.3 is 11.9 Å². The highest BCUT2D eigenvalue weighted by atomic mass is 19.1. The molecule has 0 bridgehead atoms. The number of benzene rings is 2. The molecule has 2 aromatic rings. The molecule has 1 amide bonds. The molecule has 2 rings (SSSR count). The molecular weight excluding hydrogens is 329 g/mol. The lowest BCUT2D eigenvalue weighted by molar-refractivity contribution is -0.150. The third-order valence-electron chi connectivity index (χ3n) is 3.32. The van der Waals surface area contributed by atoms with Crippen LogP contribution in [-0.2, 0) is 20.9 Å². The van der Waals surface area contributed by atoms with Crippen LogP contribution in [0.4, 0.5) is 4.39 Å². The second-order valence-electron chi connectivity index (χ2n) is 5.22. The molecular formula is C18H16FNO5. The minimum atomic E-state index is -1.44. The Labute approximate surface area is 143 Å². The number of hydrogen-bond acceptors (Lipinski definition) is 4. The summed E-state index contributed by atoms with van der Waals surface area (Å²) in [6.45, 7) is 0.0118. The normalized spacial score (nSPS) is 11.4. The number of carbonyl (C=O) groups excluding carboxylic acids is 2. The summed E-state index contributed by atoms with van der Waals surface area (Å²) in [5.74, 6) is -3.36. The molecule has 0 aromatic heterocycles. The molecule has 0 saturated carbocycles. The number of nitrogens with one attached hydrogen (secondary N) is 1. The van der Waals surface area contributed by atoms with Crippen molar-refractivity contribution in [3.63, 3.8) is 0 Å². The molecule has 1 atom stereocenters. The monoisotopic (exact) mass is 345 g/mol. The summed E-state index contributed by atoms with van der Waals surface area (Å²) >= 11 is 0. The van der Waals surface area contributed by atoms with Crippen LogP contribution < -0.4 is 5.32 Å². The molecule has 0 fully saturated rings. The minimum Gasteiger partial charge on any atom is -0.480 e. The summed E-state index contributed by atoms with van der Waals surface area (Å²) < 4.78 is 17.9. The van der Waals surface area contributed by atoms with Crippen molar-refractivity contribution in [2.75, 3.05) is 0 Å². The fourth-order valence-electron chi connectivity index (χ4n) is 2.01. The Kier molecular flexibility index (Phi) is 6.22. The number of carboxylic acids is 1. The number of carbonyl (C=O) groups is 3. The van der Waals surface area contributed by atoms with Gasteiger partial charge in [0.05, 0.1) is 6.42 Å². The van der Waals surface area contributed by atoms with Gasteiger partial charge in [0.1, 0.15) is 18.5 Å². The van der Waals surface area contributed by atoms with E-state index in [9.17, 15) is 18.8 Å². The fraction of sp³-hybridized carbons (Fsp3) is 0.167. The maximum atomic E-state index is 12.9. The summed E-state index contributed by atoms with van der Waals surface area (Å²) in [7, 11) is 0. The molecule has 0 radical (unpaired) electrons. The zero-order valence-electron chi connectivity index (χ0n) is 13.1. The van der Waals surface area contributed by atoms with E-state index in [-0.39, 0.29) is 12.2 Å². The van der Waals surface area contributed by atoms with Crippen LogP contribution in [0, 0.1) is 5.82 Å². The van der Waals surface area contributed by atoms with Gasteiger partial charge in [-0.05, 0) is 29.8 Å². The van der Waals surface area contributed by atoms with E-state index in [1.165, 1.54) is 12.1 Å². The van der Waals surface area contributed by atoms with Gasteiger partial charge in [-0.2, -0.15) is 0 Å². The first kappa shape index (κ1) is 18.1. The summed E-state index contributed by atoms with van der Waals surface area (Å²) in [5.41, 5.74) is 0.850. The standard InChI is InChI=1S/C18H16FNO5/c19-14-8-6-13(7-9-14)17(22)20-15(18(23)24)10-16(21)25-11-12-4-2-1-3-5-12/h1-9,15H,10-11H2,(H,20,22)(H,23,24)/t15-/m0/s1. The first-order valence-electron chi connectivity index (χ1n) is 7.44. The summed E-state index contributed by atoms with van der Waals surface area (Å²) in [6.07, 6.45) is -0.519. The van der Waals surface area contributed by atoms with Crippen LogP contribution in [0.3, 0.4) is 0 Å². The second kappa shape index (κ2) is 8.58. The maximum Gasteiger partial charge on any atom is 0.326 e. The van der Waals surface area contributed by atoms with Crippen molar-refractivity contribution >= 4 is 17.8 Å². The molecule has 6 nitrogen and oxygen atoms in total. The van der Waals surface area contributed by atoms with E-state index >= 15 is 0 Å². The highest BCUT2D eigenvalue weighted by molar-refractivity contribution is 5.97. The molecule has 2 aromatic carbocycles. The number of amides is 1. The van der Waals surface area contributed by atoms with Gasteiger partial charge in [0, 0.05) is 5.56 Å². The number of aliphatic carboxylic acids is 1. The van der Waals surface area contributed by atoms with Crippen molar-refractivity contribution in [3.05, 3.63) is 71.5 Å². The molecule has 25 heavy (non-hydrogen) atoms. The average Bonchev–Trinajstić information content (AvgIpc) is 2.60. The quantitative estimate of drug-likeness (QED) is 0.750. The molecule has 0 aliphatic heterocycles. The zero-order chi connectivity index (χ0) is 18.2. The zero-order valence-corrected chi connectivity index (χ0v) is 13.1. The molecule has 0 aliphatic rings. The van der Waals surface area contributed by atoms with E-state index in [1.807, 2.05) is 6.07 Å². The predicted octanol–water partition coefficient (Wildman–Crippen LogP) is 2.14. The Hall–Kier alpha value is -3.22. The molecule has 7 heteroatoms. The van der Waals surface area contributed by atoms with Crippen LogP contribution in [0.5, 0.6) is 0 Å². The predicted molar refractivity (Wildman–Crippen MR) is 86.1 cm³/mol. The van der Waals surface area contributed by atoms with Crippen LogP contribution in [-0.4, -0.2) is 29.0 Å². The molecule has 0 heterocycles. The third-order valence-corrected chi connectivity index (χ3v) is 3.32. The lowest BCUT2D eigenvalue weighted by Gasteiger charge is -2.14. The topological polar surface area (TPSA) is 92.7 Å². The molecule has 130 valence electrons. The van der Waals surface area contributed by atoms with Gasteiger partial charge < -0.3 is 15.2 Å². The summed E-state index contributed by atoms with van der Waals surface area (Å²) in [5, 5.41) is 11.4. The summed E-state index contributed by atoms with van der Waals surface area (Å²) in [6, 6.07) is 12.1. The van der Waals surface area contributed by atoms with Crippen molar-refractivity contribution in [1.82, 2.24) is 5.32 Å². The summed E-state index contributed by atoms with van der Waals surface area (Å²) in [4.78, 5) is 35.0. The van der Waals surface area contributed by atoms with Crippen molar-refractivity contribution in [2.24, 2.45) is 0 Å². The van der Waals surface area contributed by atoms with Crippen LogP contribution in [0.25, 0.3) is 0 Å². The van der Waals surface area contributed by atoms with Gasteiger partial charge in [-0.3, -0.25) is 9.59 Å². The van der Waals surface area contributed by atoms with E-state index in [1.54, 1.807) is 24.3 Å². The van der Waals surface area contributed by atoms with Gasteiger partial charge in [0.15, 0.2) is 0 Å². The number of carboxylic acid groups (broad SMARTS) is 1. The van der Waals surface area contributed by atoms with Gasteiger partial charge in [-0.15, -0.1) is 0 Å². The lowest BCUT2D eigenvalue weighted by Crippen LogP contribution is -2.42. The molecule has 0 aliphatic carbocycles. The molecule has 0 saturated heterocycles. The highest BCUT2D eigenvalue weighted by Crippen LogP contribution is 2.06. The van der Waals surface area contributed by atoms with Gasteiger partial charge in [-0.1, -0.05) is 30.3 Å². The smallest absolute Gasteiger partial charge is 0.326 e. The van der Waals surface area contributed by atoms with E-state index in [4.69, 9.17) is 9.84 Å². The first-order valence-corrected chi connectivity index (χ1v) is 7.44. The van der Waals surface area contributed by atoms with E-state index < -0.39 is 36.1 Å². The Bertz CT molecular complexity index is 746. The molecule has 2 N–H and O–H groups in total. The van der Waals surface area contributed by atoms with Crippen LogP contribution in [0.15, 0.2) is 54.6 Å². The van der Waals surface area contributed by atoms with Crippen LogP contribution in [0.1, 0.15) is 22.3 Å².